The summed E-state index contributed by atoms with van der Waals surface area (Å²) in [7, 11) is 0. The molecule has 1 fully saturated rings. The molecule has 3 N–H and O–H groups in total. The Hall–Kier alpha value is -2.04. The van der Waals surface area contributed by atoms with Crippen LogP contribution in [-0.2, 0) is 4.79 Å². The predicted molar refractivity (Wildman–Crippen MR) is 67.3 cm³/mol. The van der Waals surface area contributed by atoms with E-state index in [0.29, 0.717) is 24.2 Å². The van der Waals surface area contributed by atoms with Gasteiger partial charge in [0.15, 0.2) is 0 Å². The first kappa shape index (κ1) is 12.4. The van der Waals surface area contributed by atoms with Crippen molar-refractivity contribution in [2.24, 2.45) is 0 Å². The average Bonchev–Trinajstić information content (AvgIpc) is 2.81. The lowest BCUT2D eigenvalue weighted by atomic mass is 10.1. The first-order chi connectivity index (χ1) is 8.50. The van der Waals surface area contributed by atoms with E-state index in [1.165, 1.54) is 4.90 Å². The number of aryl methyl sites for hydroxylation is 1. The number of nitrogen functional groups attached to an aromatic ring is 1. The molecule has 0 aliphatic carbocycles. The van der Waals surface area contributed by atoms with Gasteiger partial charge in [-0.2, -0.15) is 0 Å². The zero-order valence-electron chi connectivity index (χ0n) is 10.2. The van der Waals surface area contributed by atoms with Gasteiger partial charge in [-0.1, -0.05) is 6.07 Å². The van der Waals surface area contributed by atoms with Crippen LogP contribution in [0.25, 0.3) is 0 Å². The Morgan fingerprint density at radius 1 is 1.44 bits per heavy atom. The van der Waals surface area contributed by atoms with Gasteiger partial charge in [0.25, 0.3) is 5.91 Å². The first-order valence-electron chi connectivity index (χ1n) is 5.90. The summed E-state index contributed by atoms with van der Waals surface area (Å²) in [5, 5.41) is 9.06. The minimum absolute atomic E-state index is 0.258. The van der Waals surface area contributed by atoms with Gasteiger partial charge < -0.3 is 15.7 Å². The molecule has 5 heteroatoms. The second-order valence-electron chi connectivity index (χ2n) is 4.57. The molecule has 1 atom stereocenters. The van der Waals surface area contributed by atoms with Crippen molar-refractivity contribution in [1.29, 1.82) is 0 Å². The minimum Gasteiger partial charge on any atom is -0.480 e. The van der Waals surface area contributed by atoms with E-state index in [-0.39, 0.29) is 5.91 Å². The van der Waals surface area contributed by atoms with Crippen molar-refractivity contribution >= 4 is 17.6 Å². The summed E-state index contributed by atoms with van der Waals surface area (Å²) in [6.07, 6.45) is 1.24. The fourth-order valence-electron chi connectivity index (χ4n) is 2.21. The largest absolute Gasteiger partial charge is 0.480 e. The molecule has 0 bridgehead atoms. The lowest BCUT2D eigenvalue weighted by Gasteiger charge is -2.21. The van der Waals surface area contributed by atoms with Gasteiger partial charge in [0.1, 0.15) is 6.04 Å². The van der Waals surface area contributed by atoms with Crippen LogP contribution in [0.4, 0.5) is 5.69 Å². The number of amides is 1. The number of rotatable bonds is 2. The summed E-state index contributed by atoms with van der Waals surface area (Å²) in [6.45, 7) is 2.35. The second-order valence-corrected chi connectivity index (χ2v) is 4.57. The van der Waals surface area contributed by atoms with Crippen molar-refractivity contribution in [3.8, 4) is 0 Å². The lowest BCUT2D eigenvalue weighted by molar-refractivity contribution is -0.141. The summed E-state index contributed by atoms with van der Waals surface area (Å²) in [5.74, 6) is -1.20. The predicted octanol–water partition coefficient (Wildman–Crippen LogP) is 1.27. The van der Waals surface area contributed by atoms with E-state index in [0.717, 1.165) is 12.0 Å². The van der Waals surface area contributed by atoms with Crippen LogP contribution >= 0.6 is 0 Å². The normalized spacial score (nSPS) is 18.9. The maximum Gasteiger partial charge on any atom is 0.326 e. The molecule has 0 spiro atoms. The molecule has 2 rings (SSSR count). The molecular weight excluding hydrogens is 232 g/mol. The summed E-state index contributed by atoms with van der Waals surface area (Å²) in [6, 6.07) is 4.36. The zero-order chi connectivity index (χ0) is 13.3. The van der Waals surface area contributed by atoms with Gasteiger partial charge in [0.05, 0.1) is 0 Å². The van der Waals surface area contributed by atoms with E-state index in [1.54, 1.807) is 18.2 Å². The van der Waals surface area contributed by atoms with E-state index in [1.807, 2.05) is 6.92 Å². The van der Waals surface area contributed by atoms with Gasteiger partial charge in [-0.15, -0.1) is 0 Å². The molecule has 0 saturated carbocycles. The molecule has 5 nitrogen and oxygen atoms in total. The van der Waals surface area contributed by atoms with Crippen molar-refractivity contribution in [2.75, 3.05) is 12.3 Å². The second kappa shape index (κ2) is 4.68. The summed E-state index contributed by atoms with van der Waals surface area (Å²) in [5.41, 5.74) is 7.67. The van der Waals surface area contributed by atoms with Crippen LogP contribution in [0.3, 0.4) is 0 Å². The molecule has 1 heterocycles. The van der Waals surface area contributed by atoms with Crippen molar-refractivity contribution in [2.45, 2.75) is 25.8 Å². The van der Waals surface area contributed by atoms with Crippen molar-refractivity contribution in [3.63, 3.8) is 0 Å². The number of nitrogens with zero attached hydrogens (tertiary/aromatic N) is 1. The fraction of sp³-hybridized carbons (Fsp3) is 0.385. The van der Waals surface area contributed by atoms with E-state index in [9.17, 15) is 9.59 Å². The number of carboxylic acid groups (broad SMARTS) is 1. The molecule has 1 saturated heterocycles. The van der Waals surface area contributed by atoms with Crippen LogP contribution < -0.4 is 5.73 Å². The molecule has 0 radical (unpaired) electrons. The Morgan fingerprint density at radius 3 is 2.78 bits per heavy atom. The molecule has 1 aromatic carbocycles. The van der Waals surface area contributed by atoms with Crippen molar-refractivity contribution < 1.29 is 14.7 Å². The van der Waals surface area contributed by atoms with Crippen molar-refractivity contribution in [3.05, 3.63) is 29.3 Å². The molecule has 0 unspecified atom stereocenters. The summed E-state index contributed by atoms with van der Waals surface area (Å²) in [4.78, 5) is 24.7. The Balaban J connectivity index is 2.25. The molecule has 1 aromatic rings. The fourth-order valence-corrected chi connectivity index (χ4v) is 2.21. The highest BCUT2D eigenvalue weighted by Crippen LogP contribution is 2.22. The molecule has 0 aromatic heterocycles. The number of aliphatic carboxylic acids is 1. The quantitative estimate of drug-likeness (QED) is 0.772. The third kappa shape index (κ3) is 2.16. The van der Waals surface area contributed by atoms with Crippen LogP contribution in [0.15, 0.2) is 18.2 Å². The monoisotopic (exact) mass is 248 g/mol. The van der Waals surface area contributed by atoms with Gasteiger partial charge in [-0.25, -0.2) is 4.79 Å². The van der Waals surface area contributed by atoms with E-state index < -0.39 is 12.0 Å². The number of carbonyl (C=O) groups excluding carboxylic acids is 1. The number of hydrogen-bond acceptors (Lipinski definition) is 3. The molecular formula is C13H16N2O3. The Morgan fingerprint density at radius 2 is 2.17 bits per heavy atom. The lowest BCUT2D eigenvalue weighted by Crippen LogP contribution is -2.40. The van der Waals surface area contributed by atoms with Gasteiger partial charge in [0.2, 0.25) is 0 Å². The standard InChI is InChI=1S/C13H16N2O3/c1-8-4-5-9(7-10(8)14)12(16)15-6-2-3-11(15)13(17)18/h4-5,7,11H,2-3,6,14H2,1H3,(H,17,18)/t11-/m0/s1. The number of carboxylic acids is 1. The van der Waals surface area contributed by atoms with Gasteiger partial charge in [-0.3, -0.25) is 4.79 Å². The third-order valence-corrected chi connectivity index (χ3v) is 3.32. The van der Waals surface area contributed by atoms with Gasteiger partial charge >= 0.3 is 5.97 Å². The zero-order valence-corrected chi connectivity index (χ0v) is 10.2. The molecule has 18 heavy (non-hydrogen) atoms. The van der Waals surface area contributed by atoms with Crippen LogP contribution in [0.1, 0.15) is 28.8 Å². The maximum atomic E-state index is 12.2. The van der Waals surface area contributed by atoms with E-state index in [4.69, 9.17) is 10.8 Å². The Labute approximate surface area is 105 Å². The van der Waals surface area contributed by atoms with Crippen LogP contribution in [0, 0.1) is 6.92 Å². The highest BCUT2D eigenvalue weighted by molar-refractivity contribution is 5.97. The number of carbonyl (C=O) groups is 2. The van der Waals surface area contributed by atoms with Gasteiger partial charge in [0, 0.05) is 17.8 Å². The number of benzene rings is 1. The highest BCUT2D eigenvalue weighted by atomic mass is 16.4. The third-order valence-electron chi connectivity index (χ3n) is 3.32. The molecule has 1 aliphatic heterocycles. The number of anilines is 1. The van der Waals surface area contributed by atoms with Crippen LogP contribution in [0.2, 0.25) is 0 Å². The highest BCUT2D eigenvalue weighted by Gasteiger charge is 2.34. The smallest absolute Gasteiger partial charge is 0.326 e. The maximum absolute atomic E-state index is 12.2. The number of nitrogens with two attached hydrogens (primary N) is 1. The van der Waals surface area contributed by atoms with E-state index in [2.05, 4.69) is 0 Å². The number of hydrogen-bond donors (Lipinski definition) is 2. The Bertz CT molecular complexity index is 499. The SMILES string of the molecule is Cc1ccc(C(=O)N2CCC[C@H]2C(=O)O)cc1N. The van der Waals surface area contributed by atoms with Crippen LogP contribution in [-0.4, -0.2) is 34.5 Å². The van der Waals surface area contributed by atoms with Gasteiger partial charge in [-0.05, 0) is 37.5 Å². The Kier molecular flexibility index (Phi) is 3.23. The van der Waals surface area contributed by atoms with Crippen molar-refractivity contribution in [1.82, 2.24) is 4.90 Å². The topological polar surface area (TPSA) is 83.6 Å². The molecule has 1 aliphatic rings. The van der Waals surface area contributed by atoms with Crippen LogP contribution in [0.5, 0.6) is 0 Å². The summed E-state index contributed by atoms with van der Waals surface area (Å²) >= 11 is 0. The van der Waals surface area contributed by atoms with E-state index >= 15 is 0 Å². The first-order valence-corrected chi connectivity index (χ1v) is 5.90. The number of likely N-dealkylation sites (tertiary alicyclic amines) is 1. The average molecular weight is 248 g/mol. The minimum atomic E-state index is -0.944. The summed E-state index contributed by atoms with van der Waals surface area (Å²) < 4.78 is 0. The molecule has 96 valence electrons. The molecule has 1 amide bonds.